The van der Waals surface area contributed by atoms with Gasteiger partial charge in [-0.2, -0.15) is 0 Å². The Hall–Kier alpha value is -2.56. The second-order valence-corrected chi connectivity index (χ2v) is 5.38. The van der Waals surface area contributed by atoms with E-state index in [1.54, 1.807) is 18.2 Å². The van der Waals surface area contributed by atoms with Crippen molar-refractivity contribution >= 4 is 5.91 Å². The molecule has 1 aliphatic rings. The van der Waals surface area contributed by atoms with Gasteiger partial charge in [-0.15, -0.1) is 0 Å². The minimum atomic E-state index is -0.263. The molecule has 0 aliphatic carbocycles. The highest BCUT2D eigenvalue weighted by atomic mass is 19.1. The van der Waals surface area contributed by atoms with E-state index in [2.05, 4.69) is 5.32 Å². The summed E-state index contributed by atoms with van der Waals surface area (Å²) in [6.07, 6.45) is 1.40. The van der Waals surface area contributed by atoms with Crippen LogP contribution in [0.5, 0.6) is 11.5 Å². The van der Waals surface area contributed by atoms with E-state index in [4.69, 9.17) is 9.47 Å². The third-order valence-corrected chi connectivity index (χ3v) is 3.75. The van der Waals surface area contributed by atoms with Gasteiger partial charge in [-0.05, 0) is 42.2 Å². The molecule has 0 radical (unpaired) electrons. The SMILES string of the molecule is O=C(CCc1ccccc1F)NCCc1ccc2c(c1)OCO2. The minimum Gasteiger partial charge on any atom is -0.454 e. The van der Waals surface area contributed by atoms with E-state index in [-0.39, 0.29) is 24.9 Å². The van der Waals surface area contributed by atoms with Crippen molar-refractivity contribution in [1.82, 2.24) is 5.32 Å². The van der Waals surface area contributed by atoms with Gasteiger partial charge in [0.25, 0.3) is 0 Å². The molecule has 120 valence electrons. The number of ether oxygens (including phenoxy) is 2. The summed E-state index contributed by atoms with van der Waals surface area (Å²) in [7, 11) is 0. The molecule has 23 heavy (non-hydrogen) atoms. The molecule has 0 bridgehead atoms. The van der Waals surface area contributed by atoms with E-state index in [1.165, 1.54) is 6.07 Å². The van der Waals surface area contributed by atoms with Gasteiger partial charge in [0.05, 0.1) is 0 Å². The van der Waals surface area contributed by atoms with Crippen LogP contribution in [-0.4, -0.2) is 19.2 Å². The largest absolute Gasteiger partial charge is 0.454 e. The number of amides is 1. The Bertz CT molecular complexity index is 702. The van der Waals surface area contributed by atoms with E-state index in [0.29, 0.717) is 24.9 Å². The predicted octanol–water partition coefficient (Wildman–Crippen LogP) is 2.85. The zero-order valence-corrected chi connectivity index (χ0v) is 12.7. The summed E-state index contributed by atoms with van der Waals surface area (Å²) in [5.74, 6) is 1.16. The molecular formula is C18H18FNO3. The number of aryl methyl sites for hydroxylation is 1. The molecule has 4 nitrogen and oxygen atoms in total. The molecule has 1 aliphatic heterocycles. The van der Waals surface area contributed by atoms with Crippen molar-refractivity contribution in [2.45, 2.75) is 19.3 Å². The molecule has 0 saturated heterocycles. The first-order chi connectivity index (χ1) is 11.2. The Balaban J connectivity index is 1.42. The van der Waals surface area contributed by atoms with Crippen LogP contribution in [0.4, 0.5) is 4.39 Å². The van der Waals surface area contributed by atoms with Gasteiger partial charge in [-0.1, -0.05) is 24.3 Å². The van der Waals surface area contributed by atoms with Gasteiger partial charge in [0.2, 0.25) is 12.7 Å². The van der Waals surface area contributed by atoms with Crippen molar-refractivity contribution in [2.24, 2.45) is 0 Å². The molecule has 0 spiro atoms. The zero-order chi connectivity index (χ0) is 16.1. The van der Waals surface area contributed by atoms with Crippen LogP contribution in [-0.2, 0) is 17.6 Å². The van der Waals surface area contributed by atoms with Gasteiger partial charge in [0.15, 0.2) is 11.5 Å². The first-order valence-electron chi connectivity index (χ1n) is 7.61. The van der Waals surface area contributed by atoms with Crippen LogP contribution in [0.3, 0.4) is 0 Å². The van der Waals surface area contributed by atoms with E-state index in [9.17, 15) is 9.18 Å². The van der Waals surface area contributed by atoms with E-state index >= 15 is 0 Å². The lowest BCUT2D eigenvalue weighted by Crippen LogP contribution is -2.25. The highest BCUT2D eigenvalue weighted by molar-refractivity contribution is 5.76. The van der Waals surface area contributed by atoms with Crippen LogP contribution in [0.15, 0.2) is 42.5 Å². The Morgan fingerprint density at radius 2 is 1.91 bits per heavy atom. The third kappa shape index (κ3) is 4.00. The maximum atomic E-state index is 13.5. The predicted molar refractivity (Wildman–Crippen MR) is 84.0 cm³/mol. The fraction of sp³-hybridized carbons (Fsp3) is 0.278. The van der Waals surface area contributed by atoms with Gasteiger partial charge >= 0.3 is 0 Å². The topological polar surface area (TPSA) is 47.6 Å². The fourth-order valence-corrected chi connectivity index (χ4v) is 2.48. The summed E-state index contributed by atoms with van der Waals surface area (Å²) in [4.78, 5) is 11.8. The van der Waals surface area contributed by atoms with E-state index < -0.39 is 0 Å². The molecule has 1 heterocycles. The number of hydrogen-bond donors (Lipinski definition) is 1. The molecule has 1 N–H and O–H groups in total. The minimum absolute atomic E-state index is 0.0750. The van der Waals surface area contributed by atoms with Gasteiger partial charge in [-0.3, -0.25) is 4.79 Å². The summed E-state index contributed by atoms with van der Waals surface area (Å²) in [6, 6.07) is 12.3. The lowest BCUT2D eigenvalue weighted by atomic mass is 10.1. The summed E-state index contributed by atoms with van der Waals surface area (Å²) in [6.45, 7) is 0.793. The van der Waals surface area contributed by atoms with Crippen LogP contribution in [0.2, 0.25) is 0 Å². The van der Waals surface area contributed by atoms with Crippen LogP contribution < -0.4 is 14.8 Å². The van der Waals surface area contributed by atoms with Crippen molar-refractivity contribution in [3.63, 3.8) is 0 Å². The summed E-state index contributed by atoms with van der Waals surface area (Å²) in [5.41, 5.74) is 1.64. The zero-order valence-electron chi connectivity index (χ0n) is 12.7. The molecule has 0 atom stereocenters. The molecule has 0 aromatic heterocycles. The number of carbonyl (C=O) groups is 1. The Morgan fingerprint density at radius 1 is 1.09 bits per heavy atom. The lowest BCUT2D eigenvalue weighted by Gasteiger charge is -2.07. The summed E-state index contributed by atoms with van der Waals surface area (Å²) in [5, 5.41) is 2.86. The second kappa shape index (κ2) is 7.13. The quantitative estimate of drug-likeness (QED) is 0.892. The number of fused-ring (bicyclic) bond motifs is 1. The number of benzene rings is 2. The Morgan fingerprint density at radius 3 is 2.78 bits per heavy atom. The number of hydrogen-bond acceptors (Lipinski definition) is 3. The number of rotatable bonds is 6. The van der Waals surface area contributed by atoms with Crippen molar-refractivity contribution < 1.29 is 18.7 Å². The van der Waals surface area contributed by atoms with Crippen LogP contribution in [0, 0.1) is 5.82 Å². The summed E-state index contributed by atoms with van der Waals surface area (Å²) < 4.78 is 24.0. The van der Waals surface area contributed by atoms with Crippen LogP contribution in [0.25, 0.3) is 0 Å². The number of halogens is 1. The smallest absolute Gasteiger partial charge is 0.231 e. The number of carbonyl (C=O) groups excluding carboxylic acids is 1. The van der Waals surface area contributed by atoms with Gasteiger partial charge in [0.1, 0.15) is 5.82 Å². The van der Waals surface area contributed by atoms with Gasteiger partial charge in [-0.25, -0.2) is 4.39 Å². The molecule has 0 saturated carbocycles. The van der Waals surface area contributed by atoms with Crippen molar-refractivity contribution in [3.05, 3.63) is 59.4 Å². The maximum absolute atomic E-state index is 13.5. The molecule has 5 heteroatoms. The standard InChI is InChI=1S/C18H18FNO3/c19-15-4-2-1-3-14(15)6-8-18(21)20-10-9-13-5-7-16-17(11-13)23-12-22-16/h1-5,7,11H,6,8-10,12H2,(H,20,21). The molecule has 1 amide bonds. The first-order valence-corrected chi connectivity index (χ1v) is 7.61. The average Bonchev–Trinajstić information content (AvgIpc) is 3.02. The van der Waals surface area contributed by atoms with Gasteiger partial charge < -0.3 is 14.8 Å². The lowest BCUT2D eigenvalue weighted by molar-refractivity contribution is -0.121. The highest BCUT2D eigenvalue weighted by Gasteiger charge is 2.13. The molecule has 3 rings (SSSR count). The fourth-order valence-electron chi connectivity index (χ4n) is 2.48. The molecular weight excluding hydrogens is 297 g/mol. The molecule has 0 fully saturated rings. The highest BCUT2D eigenvalue weighted by Crippen LogP contribution is 2.32. The van der Waals surface area contributed by atoms with Crippen molar-refractivity contribution in [1.29, 1.82) is 0 Å². The Labute approximate surface area is 134 Å². The maximum Gasteiger partial charge on any atom is 0.231 e. The average molecular weight is 315 g/mol. The molecule has 2 aromatic carbocycles. The van der Waals surface area contributed by atoms with E-state index in [0.717, 1.165) is 17.1 Å². The molecule has 2 aromatic rings. The first kappa shape index (κ1) is 15.3. The monoisotopic (exact) mass is 315 g/mol. The van der Waals surface area contributed by atoms with Crippen LogP contribution in [0.1, 0.15) is 17.5 Å². The van der Waals surface area contributed by atoms with Gasteiger partial charge in [0, 0.05) is 13.0 Å². The van der Waals surface area contributed by atoms with E-state index in [1.807, 2.05) is 18.2 Å². The number of nitrogens with one attached hydrogen (secondary N) is 1. The third-order valence-electron chi connectivity index (χ3n) is 3.75. The van der Waals surface area contributed by atoms with Crippen molar-refractivity contribution in [2.75, 3.05) is 13.3 Å². The Kier molecular flexibility index (Phi) is 4.76. The van der Waals surface area contributed by atoms with Crippen molar-refractivity contribution in [3.8, 4) is 11.5 Å². The normalized spacial score (nSPS) is 12.2. The second-order valence-electron chi connectivity index (χ2n) is 5.38. The van der Waals surface area contributed by atoms with Crippen LogP contribution >= 0.6 is 0 Å². The molecule has 0 unspecified atom stereocenters. The summed E-state index contributed by atoms with van der Waals surface area (Å²) >= 11 is 0.